The van der Waals surface area contributed by atoms with Gasteiger partial charge in [-0.25, -0.2) is 9.69 Å². The lowest BCUT2D eigenvalue weighted by molar-refractivity contribution is -0.145. The van der Waals surface area contributed by atoms with Gasteiger partial charge in [0.1, 0.15) is 13.1 Å². The molecule has 1 N–H and O–H groups in total. The fraction of sp³-hybridized carbons (Fsp3) is 0.450. The van der Waals surface area contributed by atoms with E-state index >= 15 is 0 Å². The Morgan fingerprint density at radius 3 is 2.55 bits per heavy atom. The third-order valence-electron chi connectivity index (χ3n) is 5.85. The average molecular weight is 398 g/mol. The van der Waals surface area contributed by atoms with E-state index in [4.69, 9.17) is 0 Å². The summed E-state index contributed by atoms with van der Waals surface area (Å²) < 4.78 is 0. The first-order valence-electron chi connectivity index (χ1n) is 9.76. The molecule has 29 heavy (non-hydrogen) atoms. The number of para-hydroxylation sites is 2. The minimum atomic E-state index is -0.990. The number of carbonyl (C=O) groups is 5. The van der Waals surface area contributed by atoms with Crippen LogP contribution in [0.3, 0.4) is 0 Å². The molecule has 0 unspecified atom stereocenters. The molecule has 0 aromatic heterocycles. The van der Waals surface area contributed by atoms with Crippen LogP contribution >= 0.6 is 0 Å². The van der Waals surface area contributed by atoms with Crippen molar-refractivity contribution in [2.24, 2.45) is 5.92 Å². The summed E-state index contributed by atoms with van der Waals surface area (Å²) in [6.07, 6.45) is 3.46. The molecule has 4 rings (SSSR count). The van der Waals surface area contributed by atoms with Gasteiger partial charge >= 0.3 is 17.8 Å². The van der Waals surface area contributed by atoms with Crippen LogP contribution in [0.2, 0.25) is 0 Å². The van der Waals surface area contributed by atoms with Crippen LogP contribution in [0.1, 0.15) is 32.6 Å². The highest BCUT2D eigenvalue weighted by molar-refractivity contribution is 6.45. The van der Waals surface area contributed by atoms with Crippen LogP contribution in [0.25, 0.3) is 0 Å². The molecule has 2 heterocycles. The first kappa shape index (κ1) is 19.1. The van der Waals surface area contributed by atoms with E-state index in [9.17, 15) is 24.0 Å². The van der Waals surface area contributed by atoms with E-state index in [1.165, 1.54) is 4.90 Å². The van der Waals surface area contributed by atoms with Gasteiger partial charge in [-0.05, 0) is 30.9 Å². The van der Waals surface area contributed by atoms with E-state index in [-0.39, 0.29) is 24.4 Å². The van der Waals surface area contributed by atoms with Gasteiger partial charge in [0.15, 0.2) is 0 Å². The monoisotopic (exact) mass is 398 g/mol. The molecule has 2 aliphatic heterocycles. The molecule has 1 saturated heterocycles. The van der Waals surface area contributed by atoms with Gasteiger partial charge in [0.25, 0.3) is 0 Å². The molecule has 9 heteroatoms. The number of carbonyl (C=O) groups excluding carboxylic acids is 5. The average Bonchev–Trinajstić information content (AvgIpc) is 2.91. The Morgan fingerprint density at radius 2 is 1.79 bits per heavy atom. The van der Waals surface area contributed by atoms with Crippen molar-refractivity contribution in [1.82, 2.24) is 9.80 Å². The van der Waals surface area contributed by atoms with Gasteiger partial charge in [-0.15, -0.1) is 0 Å². The minimum Gasteiger partial charge on any atom is -0.323 e. The predicted molar refractivity (Wildman–Crippen MR) is 103 cm³/mol. The summed E-state index contributed by atoms with van der Waals surface area (Å²) in [6.45, 7) is 1.16. The van der Waals surface area contributed by atoms with Crippen molar-refractivity contribution >= 4 is 41.0 Å². The molecule has 0 radical (unpaired) electrons. The minimum absolute atomic E-state index is 0.109. The van der Waals surface area contributed by atoms with Crippen LogP contribution in [-0.4, -0.2) is 58.6 Å². The zero-order valence-corrected chi connectivity index (χ0v) is 16.1. The van der Waals surface area contributed by atoms with E-state index in [0.717, 1.165) is 24.2 Å². The summed E-state index contributed by atoms with van der Waals surface area (Å²) in [5, 5.41) is 2.68. The van der Waals surface area contributed by atoms with Gasteiger partial charge in [0.05, 0.1) is 11.4 Å². The maximum Gasteiger partial charge on any atom is 0.334 e. The SMILES string of the molecule is C[C@@H]1CCCC[C@H]1N1C(=O)C(=O)N(CC(=O)N2CC(=O)Nc3ccccc32)C1=O. The van der Waals surface area contributed by atoms with E-state index in [2.05, 4.69) is 5.32 Å². The van der Waals surface area contributed by atoms with Crippen LogP contribution in [-0.2, 0) is 19.2 Å². The third-order valence-corrected chi connectivity index (χ3v) is 5.85. The Balaban J connectivity index is 1.54. The molecule has 1 aliphatic carbocycles. The number of fused-ring (bicyclic) bond motifs is 1. The number of amides is 6. The first-order chi connectivity index (χ1) is 13.9. The largest absolute Gasteiger partial charge is 0.334 e. The number of rotatable bonds is 3. The number of benzene rings is 1. The summed E-state index contributed by atoms with van der Waals surface area (Å²) in [7, 11) is 0. The fourth-order valence-electron chi connectivity index (χ4n) is 4.31. The van der Waals surface area contributed by atoms with Crippen LogP contribution in [0, 0.1) is 5.92 Å². The summed E-state index contributed by atoms with van der Waals surface area (Å²) in [5.74, 6) is -2.72. The summed E-state index contributed by atoms with van der Waals surface area (Å²) >= 11 is 0. The molecular formula is C20H22N4O5. The molecule has 1 saturated carbocycles. The van der Waals surface area contributed by atoms with Crippen molar-refractivity contribution < 1.29 is 24.0 Å². The molecule has 6 amide bonds. The summed E-state index contributed by atoms with van der Waals surface area (Å²) in [6, 6.07) is 5.70. The highest BCUT2D eigenvalue weighted by Crippen LogP contribution is 2.32. The van der Waals surface area contributed by atoms with Gasteiger partial charge in [-0.1, -0.05) is 31.9 Å². The van der Waals surface area contributed by atoms with Gasteiger partial charge in [-0.2, -0.15) is 0 Å². The fourth-order valence-corrected chi connectivity index (χ4v) is 4.31. The van der Waals surface area contributed by atoms with Crippen molar-refractivity contribution in [1.29, 1.82) is 0 Å². The van der Waals surface area contributed by atoms with E-state index < -0.39 is 30.3 Å². The molecule has 152 valence electrons. The Bertz CT molecular complexity index is 914. The van der Waals surface area contributed by atoms with Crippen LogP contribution in [0.4, 0.5) is 16.2 Å². The van der Waals surface area contributed by atoms with E-state index in [1.54, 1.807) is 24.3 Å². The number of hydrogen-bond acceptors (Lipinski definition) is 5. The zero-order chi connectivity index (χ0) is 20.7. The van der Waals surface area contributed by atoms with Crippen molar-refractivity contribution in [3.63, 3.8) is 0 Å². The van der Waals surface area contributed by atoms with Crippen molar-refractivity contribution in [3.8, 4) is 0 Å². The number of anilines is 2. The second kappa shape index (κ2) is 7.31. The predicted octanol–water partition coefficient (Wildman–Crippen LogP) is 1.34. The molecule has 9 nitrogen and oxygen atoms in total. The van der Waals surface area contributed by atoms with Crippen molar-refractivity contribution in [3.05, 3.63) is 24.3 Å². The van der Waals surface area contributed by atoms with Crippen LogP contribution in [0.5, 0.6) is 0 Å². The van der Waals surface area contributed by atoms with E-state index in [1.807, 2.05) is 6.92 Å². The third kappa shape index (κ3) is 3.26. The van der Waals surface area contributed by atoms with Crippen molar-refractivity contribution in [2.75, 3.05) is 23.3 Å². The normalized spacial score (nSPS) is 24.7. The number of nitrogens with zero attached hydrogens (tertiary/aromatic N) is 3. The molecule has 1 aromatic rings. The van der Waals surface area contributed by atoms with E-state index in [0.29, 0.717) is 22.7 Å². The zero-order valence-electron chi connectivity index (χ0n) is 16.1. The standard InChI is InChI=1S/C20H22N4O5/c1-12-6-2-4-8-14(12)24-19(28)18(27)23(20(24)29)11-17(26)22-10-16(25)21-13-7-3-5-9-15(13)22/h3,5,7,9,12,14H,2,4,6,8,10-11H2,1H3,(H,21,25)/t12-,14-/m1/s1. The number of imide groups is 2. The molecule has 0 bridgehead atoms. The quantitative estimate of drug-likeness (QED) is 0.611. The molecule has 3 aliphatic rings. The Kier molecular flexibility index (Phi) is 4.81. The van der Waals surface area contributed by atoms with Crippen LogP contribution < -0.4 is 10.2 Å². The number of urea groups is 1. The molecule has 2 fully saturated rings. The highest BCUT2D eigenvalue weighted by Gasteiger charge is 2.50. The second-order valence-electron chi connectivity index (χ2n) is 7.72. The summed E-state index contributed by atoms with van der Waals surface area (Å²) in [5.41, 5.74) is 0.963. The maximum atomic E-state index is 12.9. The van der Waals surface area contributed by atoms with Gasteiger partial charge in [0, 0.05) is 6.04 Å². The van der Waals surface area contributed by atoms with Gasteiger partial charge in [0.2, 0.25) is 11.8 Å². The molecule has 0 spiro atoms. The lowest BCUT2D eigenvalue weighted by Gasteiger charge is -2.34. The number of nitrogens with one attached hydrogen (secondary N) is 1. The Morgan fingerprint density at radius 1 is 1.07 bits per heavy atom. The highest BCUT2D eigenvalue weighted by atomic mass is 16.2. The molecule has 2 atom stereocenters. The number of hydrogen-bond donors (Lipinski definition) is 1. The first-order valence-corrected chi connectivity index (χ1v) is 9.76. The molecule has 1 aromatic carbocycles. The molecular weight excluding hydrogens is 376 g/mol. The Hall–Kier alpha value is -3.23. The van der Waals surface area contributed by atoms with Gasteiger partial charge in [-0.3, -0.25) is 29.0 Å². The Labute approximate surface area is 167 Å². The second-order valence-corrected chi connectivity index (χ2v) is 7.72. The lowest BCUT2D eigenvalue weighted by atomic mass is 9.85. The van der Waals surface area contributed by atoms with Gasteiger partial charge < -0.3 is 5.32 Å². The smallest absolute Gasteiger partial charge is 0.323 e. The topological polar surface area (TPSA) is 107 Å². The summed E-state index contributed by atoms with van der Waals surface area (Å²) in [4.78, 5) is 65.6. The maximum absolute atomic E-state index is 12.9. The van der Waals surface area contributed by atoms with Crippen molar-refractivity contribution in [2.45, 2.75) is 38.6 Å². The van der Waals surface area contributed by atoms with Crippen LogP contribution in [0.15, 0.2) is 24.3 Å². The lowest BCUT2D eigenvalue weighted by Crippen LogP contribution is -2.49.